The zero-order chi connectivity index (χ0) is 31.3. The molecule has 8 heteroatoms. The number of aryl methyl sites for hydroxylation is 1. The van der Waals surface area contributed by atoms with Gasteiger partial charge in [0.2, 0.25) is 0 Å². The maximum absolute atomic E-state index is 15.6. The summed E-state index contributed by atoms with van der Waals surface area (Å²) in [5.74, 6) is -2.27. The predicted octanol–water partition coefficient (Wildman–Crippen LogP) is 7.25. The monoisotopic (exact) mass is 584 g/mol. The van der Waals surface area contributed by atoms with E-state index in [1.807, 2.05) is 18.2 Å². The van der Waals surface area contributed by atoms with Gasteiger partial charge in [0, 0.05) is 22.3 Å². The average Bonchev–Trinajstić information content (AvgIpc) is 3.37. The van der Waals surface area contributed by atoms with Crippen LogP contribution in [-0.2, 0) is 30.3 Å². The molecule has 0 fully saturated rings. The van der Waals surface area contributed by atoms with Gasteiger partial charge in [-0.2, -0.15) is 0 Å². The Morgan fingerprint density at radius 2 is 1.35 bits per heavy atom. The Balaban J connectivity index is 1.56. The quantitative estimate of drug-likeness (QED) is 0.102. The molecule has 222 valence electrons. The van der Waals surface area contributed by atoms with Crippen molar-refractivity contribution in [1.82, 2.24) is 0 Å². The van der Waals surface area contributed by atoms with Gasteiger partial charge in [-0.15, -0.1) is 0 Å². The summed E-state index contributed by atoms with van der Waals surface area (Å²) >= 11 is 0. The molecule has 7 nitrogen and oxygen atoms in total. The fourth-order valence-corrected chi connectivity index (χ4v) is 4.51. The number of rotatable bonds is 11. The number of ether oxygens (including phenoxy) is 4. The van der Waals surface area contributed by atoms with Gasteiger partial charge in [0.1, 0.15) is 12.4 Å². The summed E-state index contributed by atoms with van der Waals surface area (Å²) in [4.78, 5) is 35.9. The molecular weight excluding hydrogens is 551 g/mol. The average molecular weight is 585 g/mol. The molecule has 0 saturated heterocycles. The third-order valence-corrected chi connectivity index (χ3v) is 6.81. The summed E-state index contributed by atoms with van der Waals surface area (Å²) in [5, 5.41) is 0. The fourth-order valence-electron chi connectivity index (χ4n) is 4.51. The lowest BCUT2D eigenvalue weighted by Crippen LogP contribution is -2.12. The Morgan fingerprint density at radius 1 is 0.744 bits per heavy atom. The molecule has 0 spiro atoms. The van der Waals surface area contributed by atoms with E-state index < -0.39 is 23.7 Å². The molecule has 1 atom stereocenters. The van der Waals surface area contributed by atoms with Crippen molar-refractivity contribution in [2.24, 2.45) is 0 Å². The molecular formula is C35H33FO7. The number of benzene rings is 3. The third kappa shape index (κ3) is 7.53. The van der Waals surface area contributed by atoms with Gasteiger partial charge in [-0.1, -0.05) is 50.1 Å². The molecule has 0 saturated carbocycles. The van der Waals surface area contributed by atoms with Crippen LogP contribution in [0.1, 0.15) is 44.4 Å². The zero-order valence-corrected chi connectivity index (χ0v) is 24.5. The highest BCUT2D eigenvalue weighted by molar-refractivity contribution is 5.91. The van der Waals surface area contributed by atoms with Crippen LogP contribution in [0.3, 0.4) is 0 Å². The number of carbonyl (C=O) groups excluding carboxylic acids is 3. The normalized spacial score (nSPS) is 13.5. The van der Waals surface area contributed by atoms with Gasteiger partial charge in [0.15, 0.2) is 11.5 Å². The Hall–Kier alpha value is -4.82. The summed E-state index contributed by atoms with van der Waals surface area (Å²) in [5.41, 5.74) is 4.96. The topological polar surface area (TPSA) is 88.1 Å². The Morgan fingerprint density at radius 3 is 2.00 bits per heavy atom. The molecule has 0 amide bonds. The van der Waals surface area contributed by atoms with E-state index in [1.54, 1.807) is 25.1 Å². The minimum absolute atomic E-state index is 0.0105. The Labute approximate surface area is 250 Å². The summed E-state index contributed by atoms with van der Waals surface area (Å²) in [6.07, 6.45) is 1.44. The lowest BCUT2D eigenvalue weighted by Gasteiger charge is -2.15. The molecule has 0 bridgehead atoms. The minimum atomic E-state index is -0.696. The second-order valence-corrected chi connectivity index (χ2v) is 10.4. The first kappa shape index (κ1) is 31.1. The lowest BCUT2D eigenvalue weighted by molar-refractivity contribution is -0.141. The molecule has 1 aliphatic carbocycles. The van der Waals surface area contributed by atoms with E-state index in [2.05, 4.69) is 19.7 Å². The van der Waals surface area contributed by atoms with Crippen LogP contribution >= 0.6 is 0 Å². The van der Waals surface area contributed by atoms with Crippen LogP contribution in [0.4, 0.5) is 4.39 Å². The molecule has 3 aromatic rings. The van der Waals surface area contributed by atoms with Crippen molar-refractivity contribution < 1.29 is 37.7 Å². The van der Waals surface area contributed by atoms with Gasteiger partial charge in [0.05, 0.1) is 12.7 Å². The first-order chi connectivity index (χ1) is 20.4. The Bertz CT molecular complexity index is 1640. The predicted molar refractivity (Wildman–Crippen MR) is 161 cm³/mol. The van der Waals surface area contributed by atoms with Gasteiger partial charge in [-0.25, -0.2) is 18.8 Å². The number of esters is 3. The van der Waals surface area contributed by atoms with Gasteiger partial charge in [-0.05, 0) is 85.7 Å². The van der Waals surface area contributed by atoms with Crippen LogP contribution in [0.25, 0.3) is 22.3 Å². The molecule has 0 aromatic heterocycles. The van der Waals surface area contributed by atoms with Crippen molar-refractivity contribution >= 4 is 17.9 Å². The molecule has 0 radical (unpaired) electrons. The van der Waals surface area contributed by atoms with E-state index >= 15 is 4.39 Å². The van der Waals surface area contributed by atoms with Crippen LogP contribution in [0.5, 0.6) is 11.5 Å². The molecule has 0 heterocycles. The first-order valence-electron chi connectivity index (χ1n) is 13.7. The molecule has 0 N–H and O–H groups in total. The molecule has 1 aliphatic rings. The van der Waals surface area contributed by atoms with Crippen LogP contribution in [0.2, 0.25) is 0 Å². The maximum atomic E-state index is 15.6. The van der Waals surface area contributed by atoms with Gasteiger partial charge < -0.3 is 18.9 Å². The van der Waals surface area contributed by atoms with Gasteiger partial charge in [0.25, 0.3) is 0 Å². The van der Waals surface area contributed by atoms with Crippen LogP contribution in [-0.4, -0.2) is 31.1 Å². The van der Waals surface area contributed by atoms with Crippen molar-refractivity contribution in [3.05, 3.63) is 108 Å². The van der Waals surface area contributed by atoms with Crippen LogP contribution in [0, 0.1) is 5.82 Å². The van der Waals surface area contributed by atoms with E-state index in [9.17, 15) is 14.4 Å². The highest BCUT2D eigenvalue weighted by atomic mass is 19.1. The third-order valence-electron chi connectivity index (χ3n) is 6.81. The SMILES string of the molecule is C=C(C)C(=O)OCCOC1CCc2ccc(-c3ccc(-c4ccc(OC(=O)C(=C)C)c(OC(=O)C(=C)C)c4)cc3F)cc21. The molecule has 1 unspecified atom stereocenters. The summed E-state index contributed by atoms with van der Waals surface area (Å²) in [7, 11) is 0. The number of hydrogen-bond acceptors (Lipinski definition) is 7. The number of carbonyl (C=O) groups is 3. The molecule has 0 aliphatic heterocycles. The Kier molecular flexibility index (Phi) is 9.73. The molecule has 43 heavy (non-hydrogen) atoms. The van der Waals surface area contributed by atoms with Gasteiger partial charge in [-0.3, -0.25) is 0 Å². The molecule has 4 rings (SSSR count). The fraction of sp³-hybridized carbons (Fsp3) is 0.229. The summed E-state index contributed by atoms with van der Waals surface area (Å²) in [6.45, 7) is 15.7. The van der Waals surface area contributed by atoms with Gasteiger partial charge >= 0.3 is 17.9 Å². The number of halogens is 1. The number of fused-ring (bicyclic) bond motifs is 1. The van der Waals surface area contributed by atoms with Crippen molar-refractivity contribution in [3.63, 3.8) is 0 Å². The highest BCUT2D eigenvalue weighted by Crippen LogP contribution is 2.39. The van der Waals surface area contributed by atoms with E-state index in [1.165, 1.54) is 32.0 Å². The van der Waals surface area contributed by atoms with E-state index in [0.717, 1.165) is 24.0 Å². The highest BCUT2D eigenvalue weighted by Gasteiger charge is 2.24. The standard InChI is InChI=1S/C35H33FO7/c1-20(2)33(37)41-16-15-40-30-13-10-23-7-8-26(17-28(23)30)27-12-9-24(18-29(27)36)25-11-14-31(42-34(38)21(3)4)32(19-25)43-35(39)22(5)6/h7-9,11-12,14,17-19,30H,1,3,5,10,13,15-16H2,2,4,6H3. The zero-order valence-electron chi connectivity index (χ0n) is 24.5. The van der Waals surface area contributed by atoms with Crippen LogP contribution in [0.15, 0.2) is 91.1 Å². The van der Waals surface area contributed by atoms with E-state index in [0.29, 0.717) is 27.8 Å². The van der Waals surface area contributed by atoms with E-state index in [4.69, 9.17) is 18.9 Å². The second kappa shape index (κ2) is 13.4. The first-order valence-corrected chi connectivity index (χ1v) is 13.7. The van der Waals surface area contributed by atoms with Crippen molar-refractivity contribution in [2.45, 2.75) is 39.7 Å². The minimum Gasteiger partial charge on any atom is -0.460 e. The summed E-state index contributed by atoms with van der Waals surface area (Å²) < 4.78 is 37.4. The van der Waals surface area contributed by atoms with Crippen LogP contribution < -0.4 is 9.47 Å². The summed E-state index contributed by atoms with van der Waals surface area (Å²) in [6, 6.07) is 15.3. The van der Waals surface area contributed by atoms with Crippen molar-refractivity contribution in [3.8, 4) is 33.8 Å². The lowest BCUT2D eigenvalue weighted by atomic mass is 9.96. The maximum Gasteiger partial charge on any atom is 0.338 e. The molecule has 3 aromatic carbocycles. The van der Waals surface area contributed by atoms with E-state index in [-0.39, 0.29) is 42.0 Å². The largest absolute Gasteiger partial charge is 0.460 e. The smallest absolute Gasteiger partial charge is 0.338 e. The number of hydrogen-bond donors (Lipinski definition) is 0. The van der Waals surface area contributed by atoms with Crippen molar-refractivity contribution in [2.75, 3.05) is 13.2 Å². The van der Waals surface area contributed by atoms with Crippen molar-refractivity contribution in [1.29, 1.82) is 0 Å². The second-order valence-electron chi connectivity index (χ2n) is 10.4.